The average molecular weight is 291 g/mol. The largest absolute Gasteiger partial charge is 0.478 e. The van der Waals surface area contributed by atoms with Crippen LogP contribution in [0.5, 0.6) is 0 Å². The molecule has 0 heterocycles. The van der Waals surface area contributed by atoms with E-state index in [1.807, 2.05) is 13.8 Å². The second kappa shape index (κ2) is 7.78. The molecule has 0 fully saturated rings. The molecule has 0 aliphatic rings. The van der Waals surface area contributed by atoms with Crippen LogP contribution in [-0.2, 0) is 9.59 Å². The summed E-state index contributed by atoms with van der Waals surface area (Å²) in [7, 11) is 0. The third-order valence-corrected chi connectivity index (χ3v) is 2.41. The monoisotopic (exact) mass is 291 g/mol. The highest BCUT2D eigenvalue weighted by atomic mass is 16.4. The van der Waals surface area contributed by atoms with Crippen molar-refractivity contribution in [1.82, 2.24) is 10.7 Å². The van der Waals surface area contributed by atoms with Crippen LogP contribution in [-0.4, -0.2) is 35.6 Å². The summed E-state index contributed by atoms with van der Waals surface area (Å²) in [6.45, 7) is 4.24. The first-order valence-electron chi connectivity index (χ1n) is 6.34. The van der Waals surface area contributed by atoms with E-state index in [1.165, 1.54) is 30.5 Å². The standard InChI is InChI=1S/C14H17N3O4/c1-9(2)7-15-12(18)13(19)17-16-8-10-3-5-11(6-4-10)14(20)21/h3-6,8-9H,7H2,1-2H3,(H,15,18)(H,17,19)(H,20,21)/b16-8+. The summed E-state index contributed by atoms with van der Waals surface area (Å²) in [5.74, 6) is -2.37. The maximum absolute atomic E-state index is 11.4. The Labute approximate surface area is 122 Å². The van der Waals surface area contributed by atoms with E-state index in [4.69, 9.17) is 5.11 Å². The second-order valence-corrected chi connectivity index (χ2v) is 4.73. The van der Waals surface area contributed by atoms with Crippen LogP contribution in [0.25, 0.3) is 0 Å². The Morgan fingerprint density at radius 1 is 1.19 bits per heavy atom. The Hall–Kier alpha value is -2.70. The van der Waals surface area contributed by atoms with Gasteiger partial charge in [-0.05, 0) is 23.6 Å². The van der Waals surface area contributed by atoms with Gasteiger partial charge in [0, 0.05) is 6.54 Å². The van der Waals surface area contributed by atoms with Crippen LogP contribution in [0.2, 0.25) is 0 Å². The van der Waals surface area contributed by atoms with E-state index in [2.05, 4.69) is 15.8 Å². The Morgan fingerprint density at radius 2 is 1.81 bits per heavy atom. The summed E-state index contributed by atoms with van der Waals surface area (Å²) in [6, 6.07) is 5.91. The first kappa shape index (κ1) is 16.4. The predicted molar refractivity (Wildman–Crippen MR) is 77.0 cm³/mol. The van der Waals surface area contributed by atoms with E-state index < -0.39 is 17.8 Å². The molecule has 1 rings (SSSR count). The fraction of sp³-hybridized carbons (Fsp3) is 0.286. The highest BCUT2D eigenvalue weighted by Crippen LogP contribution is 2.02. The summed E-state index contributed by atoms with van der Waals surface area (Å²) in [4.78, 5) is 33.4. The van der Waals surface area contributed by atoms with Gasteiger partial charge in [0.1, 0.15) is 0 Å². The molecule has 2 amide bonds. The van der Waals surface area contributed by atoms with Crippen LogP contribution in [0.3, 0.4) is 0 Å². The number of rotatable bonds is 5. The molecule has 1 aromatic carbocycles. The quantitative estimate of drug-likeness (QED) is 0.419. The van der Waals surface area contributed by atoms with E-state index in [9.17, 15) is 14.4 Å². The molecule has 0 aromatic heterocycles. The van der Waals surface area contributed by atoms with Gasteiger partial charge in [-0.25, -0.2) is 10.2 Å². The highest BCUT2D eigenvalue weighted by molar-refractivity contribution is 6.35. The normalized spacial score (nSPS) is 10.6. The number of hydrogen-bond acceptors (Lipinski definition) is 4. The molecule has 0 unspecified atom stereocenters. The summed E-state index contributed by atoms with van der Waals surface area (Å²) in [6.07, 6.45) is 1.32. The molecule has 21 heavy (non-hydrogen) atoms. The van der Waals surface area contributed by atoms with Gasteiger partial charge in [-0.1, -0.05) is 26.0 Å². The molecule has 0 saturated carbocycles. The third kappa shape index (κ3) is 5.85. The fourth-order valence-electron chi connectivity index (χ4n) is 1.31. The van der Waals surface area contributed by atoms with Crippen molar-refractivity contribution in [2.24, 2.45) is 11.0 Å². The molecule has 7 heteroatoms. The molecule has 0 aliphatic heterocycles. The van der Waals surface area contributed by atoms with Crippen molar-refractivity contribution >= 4 is 24.0 Å². The Kier molecular flexibility index (Phi) is 6.06. The van der Waals surface area contributed by atoms with Crippen molar-refractivity contribution in [2.45, 2.75) is 13.8 Å². The Balaban J connectivity index is 2.48. The minimum atomic E-state index is -1.02. The minimum Gasteiger partial charge on any atom is -0.478 e. The van der Waals surface area contributed by atoms with Crippen molar-refractivity contribution in [2.75, 3.05) is 6.54 Å². The number of nitrogens with one attached hydrogen (secondary N) is 2. The number of hydrogen-bond donors (Lipinski definition) is 3. The molecule has 0 spiro atoms. The summed E-state index contributed by atoms with van der Waals surface area (Å²) in [5.41, 5.74) is 2.85. The maximum Gasteiger partial charge on any atom is 0.335 e. The van der Waals surface area contributed by atoms with Gasteiger partial charge in [0.05, 0.1) is 11.8 Å². The zero-order valence-corrected chi connectivity index (χ0v) is 11.8. The molecule has 0 bridgehead atoms. The smallest absolute Gasteiger partial charge is 0.335 e. The average Bonchev–Trinajstić information content (AvgIpc) is 2.45. The number of amides is 2. The van der Waals surface area contributed by atoms with Crippen molar-refractivity contribution < 1.29 is 19.5 Å². The molecule has 7 nitrogen and oxygen atoms in total. The van der Waals surface area contributed by atoms with Crippen LogP contribution in [0.15, 0.2) is 29.4 Å². The molecule has 0 atom stereocenters. The minimum absolute atomic E-state index is 0.157. The summed E-state index contributed by atoms with van der Waals surface area (Å²) >= 11 is 0. The van der Waals surface area contributed by atoms with E-state index >= 15 is 0 Å². The molecule has 112 valence electrons. The molecule has 0 saturated heterocycles. The van der Waals surface area contributed by atoms with Gasteiger partial charge < -0.3 is 10.4 Å². The summed E-state index contributed by atoms with van der Waals surface area (Å²) in [5, 5.41) is 14.8. The fourth-order valence-corrected chi connectivity index (χ4v) is 1.31. The molecule has 3 N–H and O–H groups in total. The highest BCUT2D eigenvalue weighted by Gasteiger charge is 2.11. The van der Waals surface area contributed by atoms with Crippen LogP contribution in [0.1, 0.15) is 29.8 Å². The van der Waals surface area contributed by atoms with Crippen molar-refractivity contribution in [3.05, 3.63) is 35.4 Å². The van der Waals surface area contributed by atoms with Gasteiger partial charge in [-0.2, -0.15) is 5.10 Å². The Bertz CT molecular complexity index is 550. The second-order valence-electron chi connectivity index (χ2n) is 4.73. The van der Waals surface area contributed by atoms with Crippen molar-refractivity contribution in [1.29, 1.82) is 0 Å². The van der Waals surface area contributed by atoms with Crippen LogP contribution < -0.4 is 10.7 Å². The van der Waals surface area contributed by atoms with Gasteiger partial charge in [-0.15, -0.1) is 0 Å². The Morgan fingerprint density at radius 3 is 2.33 bits per heavy atom. The lowest BCUT2D eigenvalue weighted by Crippen LogP contribution is -2.39. The number of carbonyl (C=O) groups excluding carboxylic acids is 2. The van der Waals surface area contributed by atoms with Crippen LogP contribution in [0, 0.1) is 5.92 Å². The van der Waals surface area contributed by atoms with Gasteiger partial charge in [0.25, 0.3) is 0 Å². The van der Waals surface area contributed by atoms with Crippen molar-refractivity contribution in [3.8, 4) is 0 Å². The molecular weight excluding hydrogens is 274 g/mol. The lowest BCUT2D eigenvalue weighted by atomic mass is 10.1. The zero-order chi connectivity index (χ0) is 15.8. The third-order valence-electron chi connectivity index (χ3n) is 2.41. The first-order valence-corrected chi connectivity index (χ1v) is 6.34. The van der Waals surface area contributed by atoms with E-state index in [1.54, 1.807) is 0 Å². The summed E-state index contributed by atoms with van der Waals surface area (Å²) < 4.78 is 0. The van der Waals surface area contributed by atoms with Crippen molar-refractivity contribution in [3.63, 3.8) is 0 Å². The maximum atomic E-state index is 11.4. The van der Waals surface area contributed by atoms with Crippen LogP contribution in [0.4, 0.5) is 0 Å². The predicted octanol–water partition coefficient (Wildman–Crippen LogP) is 0.607. The molecule has 0 aliphatic carbocycles. The topological polar surface area (TPSA) is 108 Å². The molecule has 1 aromatic rings. The van der Waals surface area contributed by atoms with Gasteiger partial charge in [0.15, 0.2) is 0 Å². The number of benzene rings is 1. The van der Waals surface area contributed by atoms with Gasteiger partial charge >= 0.3 is 17.8 Å². The SMILES string of the molecule is CC(C)CNC(=O)C(=O)N/N=C/c1ccc(C(=O)O)cc1. The van der Waals surface area contributed by atoms with Crippen LogP contribution >= 0.6 is 0 Å². The molecular formula is C14H17N3O4. The van der Waals surface area contributed by atoms with E-state index in [0.717, 1.165) is 0 Å². The number of carboxylic acid groups (broad SMARTS) is 1. The lowest BCUT2D eigenvalue weighted by molar-refractivity contribution is -0.139. The number of aromatic carboxylic acids is 1. The number of nitrogens with zero attached hydrogens (tertiary/aromatic N) is 1. The zero-order valence-electron chi connectivity index (χ0n) is 11.8. The van der Waals surface area contributed by atoms with E-state index in [0.29, 0.717) is 12.1 Å². The van der Waals surface area contributed by atoms with E-state index in [-0.39, 0.29) is 11.5 Å². The van der Waals surface area contributed by atoms with Gasteiger partial charge in [-0.3, -0.25) is 9.59 Å². The molecule has 0 radical (unpaired) electrons. The van der Waals surface area contributed by atoms with Gasteiger partial charge in [0.2, 0.25) is 0 Å². The first-order chi connectivity index (χ1) is 9.90. The lowest BCUT2D eigenvalue weighted by Gasteiger charge is -2.05. The number of hydrazone groups is 1. The number of carbonyl (C=O) groups is 3. The number of carboxylic acids is 1.